The van der Waals surface area contributed by atoms with Crippen LogP contribution in [0.4, 0.5) is 0 Å². The van der Waals surface area contributed by atoms with Crippen molar-refractivity contribution < 1.29 is 9.47 Å². The smallest absolute Gasteiger partial charge is 0.242 e. The topological polar surface area (TPSA) is 65.0 Å². The summed E-state index contributed by atoms with van der Waals surface area (Å²) in [6.07, 6.45) is 2.34. The summed E-state index contributed by atoms with van der Waals surface area (Å²) < 4.78 is 12.9. The van der Waals surface area contributed by atoms with Crippen molar-refractivity contribution in [3.63, 3.8) is 0 Å². The zero-order valence-electron chi connectivity index (χ0n) is 10.6. The Hall–Kier alpha value is -1.47. The van der Waals surface area contributed by atoms with Crippen LogP contribution < -0.4 is 4.74 Å². The normalized spacial score (nSPS) is 12.8. The van der Waals surface area contributed by atoms with Gasteiger partial charge in [-0.15, -0.1) is 0 Å². The van der Waals surface area contributed by atoms with Crippen LogP contribution in [0.3, 0.4) is 0 Å². The van der Waals surface area contributed by atoms with Gasteiger partial charge in [0.1, 0.15) is 11.8 Å². The molecule has 0 saturated carbocycles. The van der Waals surface area contributed by atoms with E-state index in [1.54, 1.807) is 14.2 Å². The number of hydrogen-bond acceptors (Lipinski definition) is 5. The van der Waals surface area contributed by atoms with Crippen molar-refractivity contribution in [2.24, 2.45) is 0 Å². The second-order valence-electron chi connectivity index (χ2n) is 4.01. The molecular formula is C11H16N4O2S. The number of aromatic amines is 1. The molecule has 0 aliphatic carbocycles. The summed E-state index contributed by atoms with van der Waals surface area (Å²) in [4.78, 5) is 11.4. The highest BCUT2D eigenvalue weighted by Gasteiger charge is 2.15. The van der Waals surface area contributed by atoms with Crippen molar-refractivity contribution in [3.05, 3.63) is 11.1 Å². The van der Waals surface area contributed by atoms with Crippen LogP contribution in [0.5, 0.6) is 5.88 Å². The second kappa shape index (κ2) is 5.45. The fourth-order valence-corrected chi connectivity index (χ4v) is 2.27. The van der Waals surface area contributed by atoms with Crippen LogP contribution in [0.1, 0.15) is 19.4 Å². The Morgan fingerprint density at radius 3 is 2.89 bits per heavy atom. The van der Waals surface area contributed by atoms with E-state index in [1.807, 2.05) is 4.57 Å². The lowest BCUT2D eigenvalue weighted by Crippen LogP contribution is -2.08. The number of imidazole rings is 1. The number of hydrogen-bond donors (Lipinski definition) is 1. The molecule has 2 heterocycles. The monoisotopic (exact) mass is 268 g/mol. The molecule has 0 radical (unpaired) electrons. The number of nitrogens with zero attached hydrogens (tertiary/aromatic N) is 3. The number of nitrogens with one attached hydrogen (secondary N) is 1. The molecular weight excluding hydrogens is 252 g/mol. The molecule has 18 heavy (non-hydrogen) atoms. The maximum absolute atomic E-state index is 5.33. The molecule has 1 N–H and O–H groups in total. The first-order valence-corrected chi connectivity index (χ1v) is 6.08. The van der Waals surface area contributed by atoms with Crippen LogP contribution in [0.2, 0.25) is 0 Å². The van der Waals surface area contributed by atoms with E-state index >= 15 is 0 Å². The Bertz CT molecular complexity index is 592. The average Bonchev–Trinajstić information content (AvgIpc) is 2.71. The van der Waals surface area contributed by atoms with Crippen LogP contribution >= 0.6 is 12.2 Å². The summed E-state index contributed by atoms with van der Waals surface area (Å²) in [7, 11) is 3.26. The highest BCUT2D eigenvalue weighted by molar-refractivity contribution is 7.71. The zero-order valence-corrected chi connectivity index (χ0v) is 11.5. The Morgan fingerprint density at radius 2 is 2.22 bits per heavy atom. The van der Waals surface area contributed by atoms with Crippen LogP contribution in [-0.4, -0.2) is 40.3 Å². The van der Waals surface area contributed by atoms with Gasteiger partial charge in [-0.25, -0.2) is 4.98 Å². The standard InChI is InChI=1S/C11H16N4O2S/c1-7(4-5-16-2)15-9-8(14-11(15)18)10(17-3)13-6-12-9/h6-7H,4-5H2,1-3H3,(H,14,18). The molecule has 2 aromatic heterocycles. The zero-order chi connectivity index (χ0) is 13.1. The van der Waals surface area contributed by atoms with E-state index < -0.39 is 0 Å². The molecule has 6 nitrogen and oxygen atoms in total. The Labute approximate surface area is 110 Å². The fraction of sp³-hybridized carbons (Fsp3) is 0.545. The van der Waals surface area contributed by atoms with E-state index in [9.17, 15) is 0 Å². The summed E-state index contributed by atoms with van der Waals surface area (Å²) in [5, 5.41) is 0. The average molecular weight is 268 g/mol. The maximum Gasteiger partial charge on any atom is 0.242 e. The fourth-order valence-electron chi connectivity index (χ4n) is 1.90. The van der Waals surface area contributed by atoms with Crippen molar-refractivity contribution in [1.82, 2.24) is 19.5 Å². The van der Waals surface area contributed by atoms with E-state index in [1.165, 1.54) is 6.33 Å². The number of H-pyrrole nitrogens is 1. The molecule has 1 unspecified atom stereocenters. The van der Waals surface area contributed by atoms with Gasteiger partial charge in [-0.05, 0) is 25.6 Å². The van der Waals surface area contributed by atoms with Gasteiger partial charge in [-0.1, -0.05) is 0 Å². The maximum atomic E-state index is 5.33. The molecule has 2 aromatic rings. The molecule has 0 saturated heterocycles. The lowest BCUT2D eigenvalue weighted by molar-refractivity contribution is 0.181. The molecule has 0 aromatic carbocycles. The van der Waals surface area contributed by atoms with Crippen molar-refractivity contribution in [2.75, 3.05) is 20.8 Å². The third-order valence-electron chi connectivity index (χ3n) is 2.85. The number of methoxy groups -OCH3 is 2. The predicted molar refractivity (Wildman–Crippen MR) is 70.5 cm³/mol. The van der Waals surface area contributed by atoms with Gasteiger partial charge in [-0.2, -0.15) is 4.98 Å². The molecule has 0 bridgehead atoms. The lowest BCUT2D eigenvalue weighted by atomic mass is 10.2. The van der Waals surface area contributed by atoms with Gasteiger partial charge in [0, 0.05) is 19.8 Å². The first kappa shape index (κ1) is 13.0. The van der Waals surface area contributed by atoms with Gasteiger partial charge < -0.3 is 14.5 Å². The van der Waals surface area contributed by atoms with Crippen LogP contribution in [0.15, 0.2) is 6.33 Å². The van der Waals surface area contributed by atoms with E-state index in [0.717, 1.165) is 17.6 Å². The first-order valence-electron chi connectivity index (χ1n) is 5.67. The second-order valence-corrected chi connectivity index (χ2v) is 4.40. The highest BCUT2D eigenvalue weighted by Crippen LogP contribution is 2.24. The van der Waals surface area contributed by atoms with Crippen molar-refractivity contribution >= 4 is 23.4 Å². The summed E-state index contributed by atoms with van der Waals surface area (Å²) in [6.45, 7) is 2.76. The van der Waals surface area contributed by atoms with Crippen molar-refractivity contribution in [3.8, 4) is 5.88 Å². The summed E-state index contributed by atoms with van der Waals surface area (Å²) in [5.41, 5.74) is 1.49. The molecule has 2 rings (SSSR count). The van der Waals surface area contributed by atoms with Gasteiger partial charge in [0.15, 0.2) is 10.4 Å². The highest BCUT2D eigenvalue weighted by atomic mass is 32.1. The lowest BCUT2D eigenvalue weighted by Gasteiger charge is -2.13. The third kappa shape index (κ3) is 2.23. The Balaban J connectivity index is 2.51. The predicted octanol–water partition coefficient (Wildman–Crippen LogP) is 2.09. The first-order chi connectivity index (χ1) is 8.69. The van der Waals surface area contributed by atoms with Crippen molar-refractivity contribution in [1.29, 1.82) is 0 Å². The van der Waals surface area contributed by atoms with Gasteiger partial charge >= 0.3 is 0 Å². The van der Waals surface area contributed by atoms with Gasteiger partial charge in [0.05, 0.1) is 7.11 Å². The SMILES string of the molecule is COCCC(C)n1c(=S)[nH]c2c(OC)ncnc21. The van der Waals surface area contributed by atoms with Gasteiger partial charge in [0.2, 0.25) is 5.88 Å². The number of ether oxygens (including phenoxy) is 2. The van der Waals surface area contributed by atoms with E-state index in [4.69, 9.17) is 21.7 Å². The minimum Gasteiger partial charge on any atom is -0.479 e. The Morgan fingerprint density at radius 1 is 1.44 bits per heavy atom. The summed E-state index contributed by atoms with van der Waals surface area (Å²) >= 11 is 5.33. The number of aromatic nitrogens is 4. The van der Waals surface area contributed by atoms with E-state index in [-0.39, 0.29) is 6.04 Å². The molecule has 98 valence electrons. The third-order valence-corrected chi connectivity index (χ3v) is 3.14. The van der Waals surface area contributed by atoms with Crippen LogP contribution in [0, 0.1) is 4.77 Å². The molecule has 0 aliphatic rings. The molecule has 7 heteroatoms. The van der Waals surface area contributed by atoms with Gasteiger partial charge in [-0.3, -0.25) is 4.57 Å². The van der Waals surface area contributed by atoms with E-state index in [2.05, 4.69) is 21.9 Å². The van der Waals surface area contributed by atoms with Gasteiger partial charge in [0.25, 0.3) is 0 Å². The molecule has 1 atom stereocenters. The minimum absolute atomic E-state index is 0.200. The quantitative estimate of drug-likeness (QED) is 0.841. The van der Waals surface area contributed by atoms with Crippen molar-refractivity contribution in [2.45, 2.75) is 19.4 Å². The molecule has 0 spiro atoms. The van der Waals surface area contributed by atoms with Crippen LogP contribution in [-0.2, 0) is 4.74 Å². The number of fused-ring (bicyclic) bond motifs is 1. The van der Waals surface area contributed by atoms with Crippen LogP contribution in [0.25, 0.3) is 11.2 Å². The molecule has 0 amide bonds. The molecule has 0 aliphatic heterocycles. The summed E-state index contributed by atoms with van der Waals surface area (Å²) in [6, 6.07) is 0.200. The summed E-state index contributed by atoms with van der Waals surface area (Å²) in [5.74, 6) is 0.504. The Kier molecular flexibility index (Phi) is 3.93. The minimum atomic E-state index is 0.200. The molecule has 0 fully saturated rings. The largest absolute Gasteiger partial charge is 0.479 e. The number of rotatable bonds is 5. The van der Waals surface area contributed by atoms with E-state index in [0.29, 0.717) is 17.3 Å².